The molecule has 4 rings (SSSR count). The van der Waals surface area contributed by atoms with Gasteiger partial charge in [-0.15, -0.1) is 0 Å². The van der Waals surface area contributed by atoms with Gasteiger partial charge in [0.05, 0.1) is 31.1 Å². The van der Waals surface area contributed by atoms with Crippen LogP contribution in [0.3, 0.4) is 0 Å². The molecule has 1 aliphatic heterocycles. The normalized spacial score (nSPS) is 15.2. The lowest BCUT2D eigenvalue weighted by Gasteiger charge is -2.33. The third-order valence-electron chi connectivity index (χ3n) is 5.20. The molecule has 27 heavy (non-hydrogen) atoms. The number of nitrogens with zero attached hydrogens (tertiary/aromatic N) is 2. The summed E-state index contributed by atoms with van der Waals surface area (Å²) in [5, 5.41) is 11.7. The molecule has 1 aromatic heterocycles. The van der Waals surface area contributed by atoms with Gasteiger partial charge in [0.15, 0.2) is 0 Å². The molecule has 0 unspecified atom stereocenters. The van der Waals surface area contributed by atoms with Crippen molar-refractivity contribution in [2.75, 3.05) is 37.6 Å². The van der Waals surface area contributed by atoms with E-state index in [4.69, 9.17) is 0 Å². The lowest BCUT2D eigenvalue weighted by atomic mass is 10.1. The van der Waals surface area contributed by atoms with Crippen LogP contribution in [0.4, 0.5) is 11.4 Å². The summed E-state index contributed by atoms with van der Waals surface area (Å²) < 4.78 is 0. The zero-order valence-electron chi connectivity index (χ0n) is 14.9. The van der Waals surface area contributed by atoms with Gasteiger partial charge in [-0.3, -0.25) is 14.9 Å². The van der Waals surface area contributed by atoms with Gasteiger partial charge in [0, 0.05) is 40.5 Å². The molecule has 1 fully saturated rings. The smallest absolute Gasteiger partial charge is 0.269 e. The molecular weight excluding hydrogens is 344 g/mol. The van der Waals surface area contributed by atoms with Crippen LogP contribution in [0.2, 0.25) is 0 Å². The predicted octanol–water partition coefficient (Wildman–Crippen LogP) is 1.66. The number of quaternary nitrogens is 1. The molecule has 1 saturated heterocycles. The monoisotopic (exact) mass is 365 g/mol. The van der Waals surface area contributed by atoms with Crippen molar-refractivity contribution in [2.24, 2.45) is 0 Å². The number of hydrogen-bond acceptors (Lipinski definition) is 4. The minimum Gasteiger partial charge on any atom is -0.360 e. The Bertz CT molecular complexity index is 972. The number of fused-ring (bicyclic) bond motifs is 1. The molecule has 7 nitrogen and oxygen atoms in total. The molecule has 138 valence electrons. The van der Waals surface area contributed by atoms with E-state index in [0.29, 0.717) is 6.54 Å². The lowest BCUT2D eigenvalue weighted by molar-refractivity contribution is -0.892. The van der Waals surface area contributed by atoms with E-state index in [1.807, 2.05) is 24.3 Å². The van der Waals surface area contributed by atoms with E-state index in [2.05, 4.69) is 9.88 Å². The number of hydrogen-bond donors (Lipinski definition) is 2. The third-order valence-corrected chi connectivity index (χ3v) is 5.20. The Morgan fingerprint density at radius 3 is 2.52 bits per heavy atom. The molecule has 0 atom stereocenters. The van der Waals surface area contributed by atoms with Gasteiger partial charge in [0.25, 0.3) is 5.69 Å². The fourth-order valence-electron chi connectivity index (χ4n) is 3.67. The number of anilines is 1. The first-order valence-electron chi connectivity index (χ1n) is 9.04. The topological polar surface area (TPSA) is 83.7 Å². The van der Waals surface area contributed by atoms with E-state index in [-0.39, 0.29) is 16.4 Å². The summed E-state index contributed by atoms with van der Waals surface area (Å²) in [7, 11) is 0. The van der Waals surface area contributed by atoms with Gasteiger partial charge in [-0.25, -0.2) is 0 Å². The first-order chi connectivity index (χ1) is 13.1. The van der Waals surface area contributed by atoms with Crippen LogP contribution < -0.4 is 9.80 Å². The average Bonchev–Trinajstić information content (AvgIpc) is 3.13. The van der Waals surface area contributed by atoms with E-state index in [1.54, 1.807) is 18.3 Å². The second kappa shape index (κ2) is 7.20. The number of benzene rings is 2. The van der Waals surface area contributed by atoms with Crippen molar-refractivity contribution >= 4 is 28.1 Å². The summed E-state index contributed by atoms with van der Waals surface area (Å²) in [6.45, 7) is 3.87. The maximum Gasteiger partial charge on any atom is 0.269 e. The van der Waals surface area contributed by atoms with Gasteiger partial charge in [-0.1, -0.05) is 18.2 Å². The molecule has 0 aliphatic carbocycles. The Kier molecular flexibility index (Phi) is 4.60. The minimum absolute atomic E-state index is 0.104. The van der Waals surface area contributed by atoms with E-state index >= 15 is 0 Å². The van der Waals surface area contributed by atoms with Gasteiger partial charge in [0.2, 0.25) is 5.78 Å². The SMILES string of the molecule is O=C(C[NH+]1CCN(c2ccc([N+](=O)[O-])cc2)CC1)c1c[nH]c2ccccc12. The van der Waals surface area contributed by atoms with E-state index < -0.39 is 0 Å². The zero-order chi connectivity index (χ0) is 18.8. The van der Waals surface area contributed by atoms with Crippen LogP contribution in [0.15, 0.2) is 54.7 Å². The van der Waals surface area contributed by atoms with Gasteiger partial charge in [0.1, 0.15) is 6.54 Å². The van der Waals surface area contributed by atoms with Crippen molar-refractivity contribution in [3.8, 4) is 0 Å². The Morgan fingerprint density at radius 1 is 1.11 bits per heavy atom. The standard InChI is InChI=1S/C20H20N4O3/c25-20(18-13-21-19-4-2-1-3-17(18)19)14-22-9-11-23(12-10-22)15-5-7-16(8-6-15)24(26)27/h1-8,13,21H,9-12,14H2/p+1. The molecule has 3 aromatic rings. The Balaban J connectivity index is 1.36. The van der Waals surface area contributed by atoms with E-state index in [9.17, 15) is 14.9 Å². The molecule has 2 heterocycles. The number of non-ortho nitro benzene ring substituents is 1. The number of piperazine rings is 1. The van der Waals surface area contributed by atoms with Gasteiger partial charge in [-0.2, -0.15) is 0 Å². The lowest BCUT2D eigenvalue weighted by Crippen LogP contribution is -3.15. The van der Waals surface area contributed by atoms with Crippen molar-refractivity contribution in [1.29, 1.82) is 0 Å². The van der Waals surface area contributed by atoms with Crippen LogP contribution in [0.25, 0.3) is 10.9 Å². The maximum atomic E-state index is 12.7. The average molecular weight is 365 g/mol. The van der Waals surface area contributed by atoms with Gasteiger partial charge < -0.3 is 14.8 Å². The number of aromatic amines is 1. The summed E-state index contributed by atoms with van der Waals surface area (Å²) in [6.07, 6.45) is 1.81. The second-order valence-electron chi connectivity index (χ2n) is 6.86. The number of H-pyrrole nitrogens is 1. The number of ketones is 1. The summed E-state index contributed by atoms with van der Waals surface area (Å²) >= 11 is 0. The number of aromatic nitrogens is 1. The van der Waals surface area contributed by atoms with Crippen LogP contribution in [0.5, 0.6) is 0 Å². The molecule has 0 radical (unpaired) electrons. The molecule has 2 N–H and O–H groups in total. The Hall–Kier alpha value is -3.19. The Morgan fingerprint density at radius 2 is 1.81 bits per heavy atom. The number of carbonyl (C=O) groups excluding carboxylic acids is 1. The van der Waals surface area contributed by atoms with Crippen LogP contribution in [0, 0.1) is 10.1 Å². The summed E-state index contributed by atoms with van der Waals surface area (Å²) in [5.74, 6) is 0.159. The van der Waals surface area contributed by atoms with Gasteiger partial charge in [-0.05, 0) is 18.2 Å². The number of para-hydroxylation sites is 1. The van der Waals surface area contributed by atoms with E-state index in [1.165, 1.54) is 17.0 Å². The van der Waals surface area contributed by atoms with Crippen molar-refractivity contribution in [3.05, 3.63) is 70.4 Å². The largest absolute Gasteiger partial charge is 0.360 e. The zero-order valence-corrected chi connectivity index (χ0v) is 14.9. The van der Waals surface area contributed by atoms with Crippen molar-refractivity contribution in [1.82, 2.24) is 4.98 Å². The molecule has 0 bridgehead atoms. The number of Topliss-reactive ketones (excluding diaryl/α,β-unsaturated/α-hetero) is 1. The molecule has 2 aromatic carbocycles. The fraction of sp³-hybridized carbons (Fsp3) is 0.250. The highest BCUT2D eigenvalue weighted by Gasteiger charge is 2.24. The number of rotatable bonds is 5. The first kappa shape index (κ1) is 17.2. The molecular formula is C20H21N4O3+. The fourth-order valence-corrected chi connectivity index (χ4v) is 3.67. The third kappa shape index (κ3) is 3.54. The maximum absolute atomic E-state index is 12.7. The molecule has 1 aliphatic rings. The van der Waals surface area contributed by atoms with Crippen molar-refractivity contribution < 1.29 is 14.6 Å². The van der Waals surface area contributed by atoms with Crippen LogP contribution in [-0.2, 0) is 0 Å². The summed E-state index contributed by atoms with van der Waals surface area (Å²) in [5.41, 5.74) is 2.84. The molecule has 0 spiro atoms. The minimum atomic E-state index is -0.387. The molecule has 0 amide bonds. The second-order valence-corrected chi connectivity index (χ2v) is 6.86. The highest BCUT2D eigenvalue weighted by atomic mass is 16.6. The summed E-state index contributed by atoms with van der Waals surface area (Å²) in [4.78, 5) is 29.7. The van der Waals surface area contributed by atoms with Gasteiger partial charge >= 0.3 is 0 Å². The molecule has 0 saturated carbocycles. The predicted molar refractivity (Wildman–Crippen MR) is 104 cm³/mol. The molecule has 7 heteroatoms. The number of nitro benzene ring substituents is 1. The van der Waals surface area contributed by atoms with Crippen molar-refractivity contribution in [2.45, 2.75) is 0 Å². The Labute approximate surface area is 156 Å². The number of nitro groups is 1. The van der Waals surface area contributed by atoms with E-state index in [0.717, 1.165) is 48.3 Å². The first-order valence-corrected chi connectivity index (χ1v) is 9.04. The van der Waals surface area contributed by atoms with Crippen LogP contribution in [0.1, 0.15) is 10.4 Å². The number of carbonyl (C=O) groups is 1. The summed E-state index contributed by atoms with van der Waals surface area (Å²) in [6, 6.07) is 14.5. The highest BCUT2D eigenvalue weighted by molar-refractivity contribution is 6.08. The van der Waals surface area contributed by atoms with Crippen molar-refractivity contribution in [3.63, 3.8) is 0 Å². The number of nitrogens with one attached hydrogen (secondary N) is 2. The quantitative estimate of drug-likeness (QED) is 0.409. The highest BCUT2D eigenvalue weighted by Crippen LogP contribution is 2.20. The van der Waals surface area contributed by atoms with Crippen LogP contribution in [-0.4, -0.2) is 48.4 Å². The van der Waals surface area contributed by atoms with Crippen LogP contribution >= 0.6 is 0 Å².